The molecule has 11 heteroatoms. The zero-order chi connectivity index (χ0) is 26.2. The van der Waals surface area contributed by atoms with Crippen LogP contribution >= 0.6 is 0 Å². The highest BCUT2D eigenvalue weighted by molar-refractivity contribution is 7.89. The molecular weight excluding hydrogens is 498 g/mol. The Hall–Kier alpha value is -3.67. The van der Waals surface area contributed by atoms with E-state index in [2.05, 4.69) is 5.32 Å². The SMILES string of the molecule is CC(C)c1cc(C(=O)Nc2ccc3c(c2)OCO3)cn(-c2ccc(S(=O)(=O)N3CCOCC3)cc2)c1=O. The lowest BCUT2D eigenvalue weighted by atomic mass is 10.0. The van der Waals surface area contributed by atoms with Gasteiger partial charge in [0.25, 0.3) is 11.5 Å². The molecule has 0 unspecified atom stereocenters. The summed E-state index contributed by atoms with van der Waals surface area (Å²) in [6.07, 6.45) is 1.46. The summed E-state index contributed by atoms with van der Waals surface area (Å²) in [5.41, 5.74) is 1.44. The van der Waals surface area contributed by atoms with Crippen molar-refractivity contribution in [3.8, 4) is 17.2 Å². The zero-order valence-electron chi connectivity index (χ0n) is 20.5. The van der Waals surface area contributed by atoms with Gasteiger partial charge in [-0.1, -0.05) is 13.8 Å². The van der Waals surface area contributed by atoms with Crippen LogP contribution in [0.25, 0.3) is 5.69 Å². The average Bonchev–Trinajstić information content (AvgIpc) is 3.37. The molecule has 194 valence electrons. The van der Waals surface area contributed by atoms with Crippen LogP contribution in [0.3, 0.4) is 0 Å². The normalized spacial score (nSPS) is 15.6. The van der Waals surface area contributed by atoms with Crippen LogP contribution in [0.5, 0.6) is 11.5 Å². The first-order valence-electron chi connectivity index (χ1n) is 11.9. The van der Waals surface area contributed by atoms with Crippen molar-refractivity contribution in [2.45, 2.75) is 24.7 Å². The molecule has 0 radical (unpaired) electrons. The van der Waals surface area contributed by atoms with Gasteiger partial charge in [0.1, 0.15) is 0 Å². The lowest BCUT2D eigenvalue weighted by Gasteiger charge is -2.26. The van der Waals surface area contributed by atoms with E-state index in [4.69, 9.17) is 14.2 Å². The van der Waals surface area contributed by atoms with Crippen LogP contribution in [0.4, 0.5) is 5.69 Å². The molecule has 2 aliphatic heterocycles. The Kier molecular flexibility index (Phi) is 6.76. The van der Waals surface area contributed by atoms with Gasteiger partial charge in [-0.05, 0) is 48.4 Å². The first-order valence-corrected chi connectivity index (χ1v) is 13.3. The Bertz CT molecular complexity index is 1490. The molecular formula is C26H27N3O7S. The molecule has 0 saturated carbocycles. The first-order chi connectivity index (χ1) is 17.7. The fourth-order valence-corrected chi connectivity index (χ4v) is 5.63. The standard InChI is InChI=1S/C26H27N3O7S/c1-17(2)22-13-18(25(30)27-19-3-8-23-24(14-19)36-16-35-23)15-29(26(22)31)20-4-6-21(7-5-20)37(32,33)28-9-11-34-12-10-28/h3-8,13-15,17H,9-12,16H2,1-2H3,(H,27,30). The summed E-state index contributed by atoms with van der Waals surface area (Å²) < 4.78 is 44.6. The number of fused-ring (bicyclic) bond motifs is 1. The number of aromatic nitrogens is 1. The number of pyridine rings is 1. The Labute approximate surface area is 214 Å². The summed E-state index contributed by atoms with van der Waals surface area (Å²) in [6, 6.07) is 12.8. The van der Waals surface area contributed by atoms with E-state index in [1.165, 1.54) is 27.2 Å². The van der Waals surface area contributed by atoms with Crippen molar-refractivity contribution in [3.05, 3.63) is 76.2 Å². The maximum atomic E-state index is 13.3. The van der Waals surface area contributed by atoms with E-state index < -0.39 is 15.9 Å². The molecule has 1 fully saturated rings. The molecule has 0 atom stereocenters. The Morgan fingerprint density at radius 3 is 2.38 bits per heavy atom. The van der Waals surface area contributed by atoms with Gasteiger partial charge < -0.3 is 19.5 Å². The Morgan fingerprint density at radius 1 is 0.973 bits per heavy atom. The quantitative estimate of drug-likeness (QED) is 0.526. The number of ether oxygens (including phenoxy) is 3. The molecule has 1 saturated heterocycles. The van der Waals surface area contributed by atoms with Gasteiger partial charge in [-0.3, -0.25) is 14.2 Å². The molecule has 3 heterocycles. The summed E-state index contributed by atoms with van der Waals surface area (Å²) in [4.78, 5) is 26.5. The molecule has 1 aromatic heterocycles. The number of hydrogen-bond donors (Lipinski definition) is 1. The number of carbonyl (C=O) groups is 1. The van der Waals surface area contributed by atoms with Gasteiger partial charge in [0, 0.05) is 42.3 Å². The summed E-state index contributed by atoms with van der Waals surface area (Å²) in [7, 11) is -3.67. The fourth-order valence-electron chi connectivity index (χ4n) is 4.23. The highest BCUT2D eigenvalue weighted by atomic mass is 32.2. The number of hydrogen-bond acceptors (Lipinski definition) is 7. The number of amides is 1. The van der Waals surface area contributed by atoms with Gasteiger partial charge in [-0.15, -0.1) is 0 Å². The van der Waals surface area contributed by atoms with Gasteiger partial charge in [0.05, 0.1) is 23.7 Å². The van der Waals surface area contributed by atoms with E-state index in [0.717, 1.165) is 0 Å². The number of morpholine rings is 1. The zero-order valence-corrected chi connectivity index (χ0v) is 21.3. The third-order valence-electron chi connectivity index (χ3n) is 6.28. The molecule has 3 aromatic rings. The molecule has 1 N–H and O–H groups in total. The number of carbonyl (C=O) groups excluding carboxylic acids is 1. The lowest BCUT2D eigenvalue weighted by Crippen LogP contribution is -2.40. The van der Waals surface area contributed by atoms with Crippen molar-refractivity contribution < 1.29 is 27.4 Å². The largest absolute Gasteiger partial charge is 0.454 e. The number of benzene rings is 2. The number of nitrogens with zero attached hydrogens (tertiary/aromatic N) is 2. The highest BCUT2D eigenvalue weighted by Gasteiger charge is 2.26. The lowest BCUT2D eigenvalue weighted by molar-refractivity contribution is 0.0730. The van der Waals surface area contributed by atoms with E-state index in [9.17, 15) is 18.0 Å². The molecule has 1 amide bonds. The molecule has 0 aliphatic carbocycles. The van der Waals surface area contributed by atoms with Crippen molar-refractivity contribution in [1.29, 1.82) is 0 Å². The monoisotopic (exact) mass is 525 g/mol. The minimum Gasteiger partial charge on any atom is -0.454 e. The average molecular weight is 526 g/mol. The van der Waals surface area contributed by atoms with Crippen molar-refractivity contribution in [3.63, 3.8) is 0 Å². The molecule has 10 nitrogen and oxygen atoms in total. The number of nitrogens with one attached hydrogen (secondary N) is 1. The van der Waals surface area contributed by atoms with Crippen molar-refractivity contribution in [2.75, 3.05) is 38.4 Å². The van der Waals surface area contributed by atoms with Crippen molar-refractivity contribution in [2.24, 2.45) is 0 Å². The van der Waals surface area contributed by atoms with Crippen molar-refractivity contribution >= 4 is 21.6 Å². The van der Waals surface area contributed by atoms with Crippen LogP contribution in [0.2, 0.25) is 0 Å². The fraction of sp³-hybridized carbons (Fsp3) is 0.308. The van der Waals surface area contributed by atoms with Crippen LogP contribution in [0.15, 0.2) is 64.4 Å². The van der Waals surface area contributed by atoms with Crippen LogP contribution in [0.1, 0.15) is 35.7 Å². The number of rotatable bonds is 6. The predicted octanol–water partition coefficient (Wildman–Crippen LogP) is 2.96. The minimum atomic E-state index is -3.67. The van der Waals surface area contributed by atoms with Gasteiger partial charge in [-0.25, -0.2) is 8.42 Å². The van der Waals surface area contributed by atoms with Crippen molar-refractivity contribution in [1.82, 2.24) is 8.87 Å². The number of anilines is 1. The van der Waals surface area contributed by atoms with Gasteiger partial charge in [-0.2, -0.15) is 4.31 Å². The molecule has 2 aromatic carbocycles. The molecule has 2 aliphatic rings. The van der Waals surface area contributed by atoms with E-state index in [1.807, 2.05) is 13.8 Å². The van der Waals surface area contributed by atoms with E-state index in [1.54, 1.807) is 36.4 Å². The summed E-state index contributed by atoms with van der Waals surface area (Å²) >= 11 is 0. The molecule has 0 spiro atoms. The third kappa shape index (κ3) is 4.97. The molecule has 0 bridgehead atoms. The smallest absolute Gasteiger partial charge is 0.258 e. The Balaban J connectivity index is 1.46. The molecule has 5 rings (SSSR count). The van der Waals surface area contributed by atoms with Gasteiger partial charge >= 0.3 is 0 Å². The van der Waals surface area contributed by atoms with Crippen LogP contribution in [0, 0.1) is 0 Å². The molecule has 37 heavy (non-hydrogen) atoms. The van der Waals surface area contributed by atoms with Crippen LogP contribution < -0.4 is 20.3 Å². The van der Waals surface area contributed by atoms with E-state index >= 15 is 0 Å². The minimum absolute atomic E-state index is 0.127. The second kappa shape index (κ2) is 10.0. The highest BCUT2D eigenvalue weighted by Crippen LogP contribution is 2.34. The van der Waals surface area contributed by atoms with Crippen LogP contribution in [-0.4, -0.2) is 56.3 Å². The van der Waals surface area contributed by atoms with Crippen LogP contribution in [-0.2, 0) is 14.8 Å². The first kappa shape index (κ1) is 25.0. The summed E-state index contributed by atoms with van der Waals surface area (Å²) in [5.74, 6) is 0.601. The number of sulfonamides is 1. The van der Waals surface area contributed by atoms with E-state index in [0.29, 0.717) is 54.7 Å². The van der Waals surface area contributed by atoms with E-state index in [-0.39, 0.29) is 28.7 Å². The van der Waals surface area contributed by atoms with Gasteiger partial charge in [0.2, 0.25) is 16.8 Å². The second-order valence-electron chi connectivity index (χ2n) is 9.05. The summed E-state index contributed by atoms with van der Waals surface area (Å²) in [6.45, 7) is 5.17. The summed E-state index contributed by atoms with van der Waals surface area (Å²) in [5, 5.41) is 2.83. The predicted molar refractivity (Wildman–Crippen MR) is 136 cm³/mol. The maximum absolute atomic E-state index is 13.3. The second-order valence-corrected chi connectivity index (χ2v) is 11.0. The Morgan fingerprint density at radius 2 is 1.68 bits per heavy atom. The topological polar surface area (TPSA) is 116 Å². The maximum Gasteiger partial charge on any atom is 0.258 e. The third-order valence-corrected chi connectivity index (χ3v) is 8.20. The van der Waals surface area contributed by atoms with Gasteiger partial charge in [0.15, 0.2) is 11.5 Å².